The molecule has 0 aliphatic rings. The Bertz CT molecular complexity index is 620. The fourth-order valence-corrected chi connectivity index (χ4v) is 2.10. The summed E-state index contributed by atoms with van der Waals surface area (Å²) in [5.74, 6) is 0. The van der Waals surface area contributed by atoms with E-state index in [2.05, 4.69) is 5.73 Å². The molecule has 2 rings (SSSR count). The fourth-order valence-electron chi connectivity index (χ4n) is 1.38. The van der Waals surface area contributed by atoms with E-state index in [1.807, 2.05) is 25.1 Å². The summed E-state index contributed by atoms with van der Waals surface area (Å²) in [7, 11) is -2.18. The van der Waals surface area contributed by atoms with Gasteiger partial charge in [-0.05, 0) is 25.6 Å². The average Bonchev–Trinajstić information content (AvgIpc) is 2.47. The number of benzene rings is 1. The van der Waals surface area contributed by atoms with Crippen molar-refractivity contribution >= 4 is 18.6 Å². The molecule has 21 heavy (non-hydrogen) atoms. The Labute approximate surface area is 123 Å². The van der Waals surface area contributed by atoms with Crippen LogP contribution in [0.4, 0.5) is 0 Å². The van der Waals surface area contributed by atoms with Crippen molar-refractivity contribution in [3.05, 3.63) is 46.8 Å². The van der Waals surface area contributed by atoms with Crippen molar-refractivity contribution in [1.29, 1.82) is 0 Å². The molecule has 0 radical (unpaired) electrons. The quantitative estimate of drug-likeness (QED) is 0.591. The van der Waals surface area contributed by atoms with Gasteiger partial charge in [-0.1, -0.05) is 31.5 Å². The van der Waals surface area contributed by atoms with Gasteiger partial charge < -0.3 is 19.9 Å². The molecule has 7 heteroatoms. The van der Waals surface area contributed by atoms with Crippen molar-refractivity contribution in [2.24, 2.45) is 5.73 Å². The molecule has 0 amide bonds. The maximum Gasteiger partial charge on any atom is 0.336 e. The van der Waals surface area contributed by atoms with E-state index in [0.29, 0.717) is 12.0 Å². The highest BCUT2D eigenvalue weighted by Gasteiger charge is 2.09. The minimum absolute atomic E-state index is 0.0312. The standard InChI is InChI=1S/C9H6O2.C4H11O3P.CH5N/c10-9-6-5-7-3-1-2-4-8(7)11-9;1-2-3-4-8(5,6)7;1-2/h1-6H;2-4H2,1H3,(H2,5,6,7);2H2,1H3. The third-order valence-corrected chi connectivity index (χ3v) is 3.23. The molecule has 2 aromatic rings. The summed E-state index contributed by atoms with van der Waals surface area (Å²) in [6, 6.07) is 10.6. The normalized spacial score (nSPS) is 10.1. The van der Waals surface area contributed by atoms with Crippen LogP contribution in [0.5, 0.6) is 0 Å². The third kappa shape index (κ3) is 9.15. The Kier molecular flexibility index (Phi) is 9.58. The zero-order valence-corrected chi connectivity index (χ0v) is 13.1. The van der Waals surface area contributed by atoms with Crippen molar-refractivity contribution in [3.8, 4) is 0 Å². The Morgan fingerprint density at radius 1 is 1.14 bits per heavy atom. The van der Waals surface area contributed by atoms with Crippen molar-refractivity contribution in [2.75, 3.05) is 13.2 Å². The molecular weight excluding hydrogens is 293 g/mol. The summed E-state index contributed by atoms with van der Waals surface area (Å²) < 4.78 is 15.0. The van der Waals surface area contributed by atoms with Crippen LogP contribution in [0.25, 0.3) is 11.0 Å². The Morgan fingerprint density at radius 3 is 2.29 bits per heavy atom. The van der Waals surface area contributed by atoms with Gasteiger partial charge in [0.15, 0.2) is 0 Å². The van der Waals surface area contributed by atoms with Gasteiger partial charge in [-0.15, -0.1) is 0 Å². The number of hydrogen-bond donors (Lipinski definition) is 3. The van der Waals surface area contributed by atoms with Crippen molar-refractivity contribution in [3.63, 3.8) is 0 Å². The van der Waals surface area contributed by atoms with Crippen LogP contribution in [-0.4, -0.2) is 23.0 Å². The molecule has 1 aromatic heterocycles. The minimum Gasteiger partial charge on any atom is -0.423 e. The molecule has 0 aliphatic heterocycles. The van der Waals surface area contributed by atoms with Gasteiger partial charge in [-0.3, -0.25) is 4.57 Å². The molecule has 0 unspecified atom stereocenters. The van der Waals surface area contributed by atoms with E-state index in [1.165, 1.54) is 13.1 Å². The van der Waals surface area contributed by atoms with E-state index in [1.54, 1.807) is 12.1 Å². The lowest BCUT2D eigenvalue weighted by Crippen LogP contribution is -1.93. The second-order valence-electron chi connectivity index (χ2n) is 4.03. The van der Waals surface area contributed by atoms with Crippen molar-refractivity contribution in [2.45, 2.75) is 19.8 Å². The first-order valence-corrected chi connectivity index (χ1v) is 8.33. The number of hydrogen-bond acceptors (Lipinski definition) is 4. The lowest BCUT2D eigenvalue weighted by atomic mass is 10.2. The molecule has 0 fully saturated rings. The second kappa shape index (κ2) is 10.3. The van der Waals surface area contributed by atoms with Crippen molar-refractivity contribution in [1.82, 2.24) is 0 Å². The molecule has 0 bridgehead atoms. The first-order valence-electron chi connectivity index (χ1n) is 6.53. The lowest BCUT2D eigenvalue weighted by molar-refractivity contribution is 0.371. The minimum atomic E-state index is -3.68. The molecule has 0 aliphatic carbocycles. The molecule has 0 saturated heterocycles. The Balaban J connectivity index is 0.000000358. The van der Waals surface area contributed by atoms with E-state index in [0.717, 1.165) is 11.8 Å². The van der Waals surface area contributed by atoms with Crippen molar-refractivity contribution < 1.29 is 18.8 Å². The van der Waals surface area contributed by atoms with Crippen LogP contribution < -0.4 is 11.4 Å². The SMILES string of the molecule is CCCCP(=O)(O)O.CN.O=c1ccc2ccccc2o1. The van der Waals surface area contributed by atoms with E-state index < -0.39 is 7.60 Å². The Hall–Kier alpha value is -1.46. The molecule has 4 N–H and O–H groups in total. The number of rotatable bonds is 3. The zero-order valence-electron chi connectivity index (χ0n) is 12.2. The molecule has 6 nitrogen and oxygen atoms in total. The van der Waals surface area contributed by atoms with Crippen LogP contribution in [0.2, 0.25) is 0 Å². The van der Waals surface area contributed by atoms with Crippen LogP contribution >= 0.6 is 7.60 Å². The highest BCUT2D eigenvalue weighted by Crippen LogP contribution is 2.35. The van der Waals surface area contributed by atoms with E-state index in [9.17, 15) is 9.36 Å². The average molecular weight is 315 g/mol. The summed E-state index contributed by atoms with van der Waals surface area (Å²) in [4.78, 5) is 27.2. The summed E-state index contributed by atoms with van der Waals surface area (Å²) in [6.45, 7) is 1.90. The second-order valence-corrected chi connectivity index (χ2v) is 5.81. The maximum absolute atomic E-state index is 10.7. The smallest absolute Gasteiger partial charge is 0.336 e. The summed E-state index contributed by atoms with van der Waals surface area (Å²) >= 11 is 0. The third-order valence-electron chi connectivity index (χ3n) is 2.33. The highest BCUT2D eigenvalue weighted by atomic mass is 31.2. The van der Waals surface area contributed by atoms with Gasteiger partial charge in [0.1, 0.15) is 5.58 Å². The number of fused-ring (bicyclic) bond motifs is 1. The topological polar surface area (TPSA) is 114 Å². The van der Waals surface area contributed by atoms with Gasteiger partial charge in [0.05, 0.1) is 0 Å². The monoisotopic (exact) mass is 315 g/mol. The molecule has 118 valence electrons. The van der Waals surface area contributed by atoms with Gasteiger partial charge in [0.25, 0.3) is 0 Å². The predicted octanol–water partition coefficient (Wildman–Crippen LogP) is 2.33. The summed E-state index contributed by atoms with van der Waals surface area (Å²) in [5, 5.41) is 0.951. The molecular formula is C14H22NO5P. The summed E-state index contributed by atoms with van der Waals surface area (Å²) in [6.07, 6.45) is 1.49. The molecule has 0 saturated carbocycles. The van der Waals surface area contributed by atoms with Crippen LogP contribution in [-0.2, 0) is 4.57 Å². The lowest BCUT2D eigenvalue weighted by Gasteiger charge is -1.98. The number of para-hydroxylation sites is 1. The number of nitrogens with two attached hydrogens (primary N) is 1. The van der Waals surface area contributed by atoms with Gasteiger partial charge in [0, 0.05) is 17.6 Å². The Morgan fingerprint density at radius 2 is 1.76 bits per heavy atom. The molecule has 0 spiro atoms. The molecule has 0 atom stereocenters. The van der Waals surface area contributed by atoms with E-state index >= 15 is 0 Å². The van der Waals surface area contributed by atoms with E-state index in [-0.39, 0.29) is 11.8 Å². The van der Waals surface area contributed by atoms with Gasteiger partial charge in [-0.2, -0.15) is 0 Å². The van der Waals surface area contributed by atoms with Crippen LogP contribution in [0.1, 0.15) is 19.8 Å². The molecule has 1 aromatic carbocycles. The van der Waals surface area contributed by atoms with Gasteiger partial charge >= 0.3 is 13.2 Å². The zero-order chi connectivity index (χ0) is 16.3. The van der Waals surface area contributed by atoms with Crippen LogP contribution in [0.15, 0.2) is 45.6 Å². The predicted molar refractivity (Wildman–Crippen MR) is 84.4 cm³/mol. The first kappa shape index (κ1) is 19.5. The van der Waals surface area contributed by atoms with Gasteiger partial charge in [0.2, 0.25) is 0 Å². The largest absolute Gasteiger partial charge is 0.423 e. The fraction of sp³-hybridized carbons (Fsp3) is 0.357. The van der Waals surface area contributed by atoms with Gasteiger partial charge in [-0.25, -0.2) is 4.79 Å². The van der Waals surface area contributed by atoms with E-state index in [4.69, 9.17) is 14.2 Å². The maximum atomic E-state index is 10.7. The highest BCUT2D eigenvalue weighted by molar-refractivity contribution is 7.51. The van der Waals surface area contributed by atoms with Crippen LogP contribution in [0, 0.1) is 0 Å². The van der Waals surface area contributed by atoms with Crippen LogP contribution in [0.3, 0.4) is 0 Å². The first-order chi connectivity index (χ1) is 9.92. The molecule has 1 heterocycles. The number of unbranched alkanes of at least 4 members (excludes halogenated alkanes) is 1. The summed E-state index contributed by atoms with van der Waals surface area (Å²) in [5.41, 5.74) is 4.84.